The summed E-state index contributed by atoms with van der Waals surface area (Å²) in [6.07, 6.45) is 0. The first kappa shape index (κ1) is 15.7. The molecular weight excluding hydrogens is 396 g/mol. The van der Waals surface area contributed by atoms with Crippen LogP contribution in [0.2, 0.25) is 5.02 Å². The molecule has 0 aromatic heterocycles. The monoisotopic (exact) mass is 401 g/mol. The van der Waals surface area contributed by atoms with Crippen LogP contribution in [-0.2, 0) is 0 Å². The van der Waals surface area contributed by atoms with E-state index in [4.69, 9.17) is 56.6 Å². The van der Waals surface area contributed by atoms with Gasteiger partial charge in [0.05, 0.1) is 0 Å². The van der Waals surface area contributed by atoms with E-state index < -0.39 is 19.0 Å². The standard InChI is InChI=1S/C7H7Cl5N3P3/c1-16(7-4-2-6(8)3-5-7)13-17(9,10)15-18(11,12)14-16/h2-5H,1H3. The van der Waals surface area contributed by atoms with Gasteiger partial charge in [-0.15, -0.1) is 0 Å². The van der Waals surface area contributed by atoms with Crippen LogP contribution in [0.4, 0.5) is 0 Å². The van der Waals surface area contributed by atoms with E-state index in [0.717, 1.165) is 5.30 Å². The molecule has 1 aliphatic heterocycles. The van der Waals surface area contributed by atoms with Gasteiger partial charge in [-0.25, -0.2) is 9.03 Å². The van der Waals surface area contributed by atoms with E-state index in [9.17, 15) is 0 Å². The summed E-state index contributed by atoms with van der Waals surface area (Å²) in [5.41, 5.74) is 0. The lowest BCUT2D eigenvalue weighted by molar-refractivity contribution is 1.69. The van der Waals surface area contributed by atoms with Gasteiger partial charge in [0.1, 0.15) is 7.21 Å². The van der Waals surface area contributed by atoms with Gasteiger partial charge in [0, 0.05) is 10.3 Å². The van der Waals surface area contributed by atoms with E-state index >= 15 is 0 Å². The molecule has 0 aliphatic carbocycles. The van der Waals surface area contributed by atoms with Crippen LogP contribution in [0.15, 0.2) is 37.8 Å². The van der Waals surface area contributed by atoms with Crippen molar-refractivity contribution in [3.63, 3.8) is 0 Å². The zero-order chi connectivity index (χ0) is 13.6. The Bertz CT molecular complexity index is 633. The van der Waals surface area contributed by atoms with E-state index in [2.05, 4.69) is 13.5 Å². The Morgan fingerprint density at radius 2 is 1.33 bits per heavy atom. The zero-order valence-corrected chi connectivity index (χ0v) is 15.3. The second kappa shape index (κ2) is 5.28. The van der Waals surface area contributed by atoms with Crippen molar-refractivity contribution in [2.24, 2.45) is 13.5 Å². The van der Waals surface area contributed by atoms with E-state index in [1.54, 1.807) is 12.1 Å². The molecule has 1 aliphatic rings. The normalized spacial score (nSPS) is 28.8. The molecule has 0 bridgehead atoms. The minimum Gasteiger partial charge on any atom is -0.209 e. The Labute approximate surface area is 130 Å². The quantitative estimate of drug-likeness (QED) is 0.434. The summed E-state index contributed by atoms with van der Waals surface area (Å²) in [6, 6.07) is 7.17. The van der Waals surface area contributed by atoms with Crippen LogP contribution in [0.1, 0.15) is 0 Å². The minimum absolute atomic E-state index is 0.627. The molecule has 11 heteroatoms. The molecular formula is C7H7Cl5N3P3. The SMILES string of the molecule is CP1(c2ccc(Cl)cc2)=NP(Cl)(Cl)=NP(Cl)(Cl)=N1. The van der Waals surface area contributed by atoms with Gasteiger partial charge in [-0.3, -0.25) is 0 Å². The number of rotatable bonds is 1. The van der Waals surface area contributed by atoms with Gasteiger partial charge in [0.15, 0.2) is 0 Å². The van der Waals surface area contributed by atoms with E-state index in [1.165, 1.54) is 0 Å². The highest BCUT2D eigenvalue weighted by atomic mass is 35.9. The number of hydrogen-bond acceptors (Lipinski definition) is 3. The topological polar surface area (TPSA) is 37.1 Å². The van der Waals surface area contributed by atoms with Crippen LogP contribution >= 0.6 is 75.6 Å². The molecule has 0 amide bonds. The molecule has 1 unspecified atom stereocenters. The lowest BCUT2D eigenvalue weighted by Crippen LogP contribution is -2.01. The predicted octanol–water partition coefficient (Wildman–Crippen LogP) is 7.57. The van der Waals surface area contributed by atoms with Gasteiger partial charge >= 0.3 is 0 Å². The van der Waals surface area contributed by atoms with E-state index in [1.807, 2.05) is 18.8 Å². The fourth-order valence-electron chi connectivity index (χ4n) is 1.43. The molecule has 1 aromatic carbocycles. The Morgan fingerprint density at radius 3 is 1.83 bits per heavy atom. The summed E-state index contributed by atoms with van der Waals surface area (Å²) >= 11 is 30.1. The second-order valence-electron chi connectivity index (χ2n) is 3.57. The first-order chi connectivity index (χ1) is 8.12. The van der Waals surface area contributed by atoms with Crippen LogP contribution in [0.5, 0.6) is 0 Å². The average Bonchev–Trinajstić information content (AvgIpc) is 2.12. The second-order valence-corrected chi connectivity index (χ2v) is 17.0. The lowest BCUT2D eigenvalue weighted by atomic mass is 10.4. The van der Waals surface area contributed by atoms with Gasteiger partial charge in [0.2, 0.25) is 0 Å². The van der Waals surface area contributed by atoms with Crippen LogP contribution in [0, 0.1) is 0 Å². The lowest BCUT2D eigenvalue weighted by Gasteiger charge is -2.23. The van der Waals surface area contributed by atoms with Crippen molar-refractivity contribution in [1.29, 1.82) is 0 Å². The maximum atomic E-state index is 6.07. The maximum absolute atomic E-state index is 6.07. The van der Waals surface area contributed by atoms with Gasteiger partial charge < -0.3 is 0 Å². The van der Waals surface area contributed by atoms with Crippen molar-refractivity contribution in [3.05, 3.63) is 29.3 Å². The fourth-order valence-corrected chi connectivity index (χ4v) is 18.4. The molecule has 0 saturated heterocycles. The molecule has 0 saturated carbocycles. The minimum atomic E-state index is -2.85. The first-order valence-corrected chi connectivity index (χ1v) is 14.1. The van der Waals surface area contributed by atoms with Crippen molar-refractivity contribution in [1.82, 2.24) is 0 Å². The molecule has 3 nitrogen and oxygen atoms in total. The number of halogens is 5. The highest BCUT2D eigenvalue weighted by molar-refractivity contribution is 8.21. The van der Waals surface area contributed by atoms with Gasteiger partial charge in [-0.05, 0) is 75.9 Å². The van der Waals surface area contributed by atoms with Crippen LogP contribution < -0.4 is 5.30 Å². The van der Waals surface area contributed by atoms with Crippen LogP contribution in [-0.4, -0.2) is 6.66 Å². The maximum Gasteiger partial charge on any atom is 0.255 e. The fraction of sp³-hybridized carbons (Fsp3) is 0.143. The van der Waals surface area contributed by atoms with Crippen molar-refractivity contribution in [2.45, 2.75) is 0 Å². The number of benzene rings is 1. The summed E-state index contributed by atoms with van der Waals surface area (Å²) in [6.45, 7) is 1.85. The smallest absolute Gasteiger partial charge is 0.209 e. The molecule has 100 valence electrons. The zero-order valence-electron chi connectivity index (χ0n) is 8.88. The Morgan fingerprint density at radius 1 is 0.833 bits per heavy atom. The summed E-state index contributed by atoms with van der Waals surface area (Å²) in [5, 5.41) is 1.50. The highest BCUT2D eigenvalue weighted by Crippen LogP contribution is 2.84. The number of hydrogen-bond donors (Lipinski definition) is 0. The molecule has 18 heavy (non-hydrogen) atoms. The Balaban J connectivity index is 2.70. The van der Waals surface area contributed by atoms with Crippen molar-refractivity contribution >= 4 is 80.9 Å². The van der Waals surface area contributed by atoms with Crippen molar-refractivity contribution < 1.29 is 0 Å². The third-order valence-corrected chi connectivity index (χ3v) is 14.7. The molecule has 0 fully saturated rings. The molecule has 0 radical (unpaired) electrons. The molecule has 0 spiro atoms. The molecule has 2 rings (SSSR count). The average molecular weight is 403 g/mol. The summed E-state index contributed by atoms with van der Waals surface area (Å²) in [4.78, 5) is 0. The van der Waals surface area contributed by atoms with Crippen LogP contribution in [0.3, 0.4) is 0 Å². The molecule has 0 N–H and O–H groups in total. The predicted molar refractivity (Wildman–Crippen MR) is 88.5 cm³/mol. The van der Waals surface area contributed by atoms with E-state index in [0.29, 0.717) is 5.02 Å². The largest absolute Gasteiger partial charge is 0.255 e. The Kier molecular flexibility index (Phi) is 4.62. The van der Waals surface area contributed by atoms with Gasteiger partial charge in [-0.2, -0.15) is 4.52 Å². The summed E-state index contributed by atoms with van der Waals surface area (Å²) < 4.78 is 12.7. The Hall–Kier alpha value is 1.36. The van der Waals surface area contributed by atoms with E-state index in [-0.39, 0.29) is 0 Å². The summed E-state index contributed by atoms with van der Waals surface area (Å²) in [5.74, 6) is -5.71. The third kappa shape index (κ3) is 3.72. The summed E-state index contributed by atoms with van der Waals surface area (Å²) in [7, 11) is -2.31. The van der Waals surface area contributed by atoms with Crippen LogP contribution in [0.25, 0.3) is 0 Å². The third-order valence-electron chi connectivity index (χ3n) is 2.09. The van der Waals surface area contributed by atoms with Gasteiger partial charge in [0.25, 0.3) is 11.8 Å². The van der Waals surface area contributed by atoms with Crippen molar-refractivity contribution in [3.8, 4) is 0 Å². The molecule has 1 atom stereocenters. The molecule has 1 aromatic rings. The number of nitrogens with zero attached hydrogens (tertiary/aromatic N) is 3. The first-order valence-electron chi connectivity index (χ1n) is 4.56. The molecule has 1 heterocycles. The van der Waals surface area contributed by atoms with Crippen molar-refractivity contribution in [2.75, 3.05) is 6.66 Å². The highest BCUT2D eigenvalue weighted by Gasteiger charge is 2.31. The van der Waals surface area contributed by atoms with Gasteiger partial charge in [-0.1, -0.05) is 11.6 Å².